The summed E-state index contributed by atoms with van der Waals surface area (Å²) in [5.41, 5.74) is 1.54. The van der Waals surface area contributed by atoms with Crippen molar-refractivity contribution in [3.63, 3.8) is 0 Å². The van der Waals surface area contributed by atoms with E-state index in [9.17, 15) is 5.21 Å². The van der Waals surface area contributed by atoms with E-state index in [0.29, 0.717) is 5.69 Å². The highest BCUT2D eigenvalue weighted by atomic mass is 32.2. The van der Waals surface area contributed by atoms with Crippen molar-refractivity contribution in [3.8, 4) is 0 Å². The zero-order valence-corrected chi connectivity index (χ0v) is 10.4. The van der Waals surface area contributed by atoms with Crippen molar-refractivity contribution in [2.75, 3.05) is 6.26 Å². The average molecular weight is 243 g/mol. The quantitative estimate of drug-likeness (QED) is 0.270. The molecule has 2 nitrogen and oxygen atoms in total. The molecule has 2 aromatic carbocycles. The second kappa shape index (κ2) is 5.55. The first-order valence-electron chi connectivity index (χ1n) is 5.30. The van der Waals surface area contributed by atoms with Crippen molar-refractivity contribution in [2.24, 2.45) is 0 Å². The van der Waals surface area contributed by atoms with Crippen molar-refractivity contribution in [3.05, 3.63) is 65.4 Å². The number of para-hydroxylation sites is 1. The minimum absolute atomic E-state index is 0.640. The van der Waals surface area contributed by atoms with Crippen LogP contribution < -0.4 is 0 Å². The molecular formula is C14H13NOS. The molecule has 0 atom stereocenters. The van der Waals surface area contributed by atoms with Gasteiger partial charge >= 0.3 is 0 Å². The van der Waals surface area contributed by atoms with Crippen molar-refractivity contribution >= 4 is 23.7 Å². The van der Waals surface area contributed by atoms with Crippen molar-refractivity contribution in [1.29, 1.82) is 0 Å². The van der Waals surface area contributed by atoms with Crippen LogP contribution in [0.15, 0.2) is 59.5 Å². The normalized spacial score (nSPS) is 11.5. The second-order valence-electron chi connectivity index (χ2n) is 3.56. The standard InChI is InChI=1S/C14H13NOS/c1-17-14-9-7-12(8-10-14)11-15(16)13-5-3-2-4-6-13/h2-11H,1H3/b15-11+. The Morgan fingerprint density at radius 2 is 1.65 bits per heavy atom. The SMILES string of the molecule is CSc1ccc(/C=[N+](/[O-])c2ccccc2)cc1. The zero-order valence-electron chi connectivity index (χ0n) is 9.54. The molecule has 0 radical (unpaired) electrons. The summed E-state index contributed by atoms with van der Waals surface area (Å²) < 4.78 is 0.883. The molecule has 0 fully saturated rings. The van der Waals surface area contributed by atoms with Gasteiger partial charge in [-0.3, -0.25) is 0 Å². The maximum atomic E-state index is 11.8. The van der Waals surface area contributed by atoms with Crippen LogP contribution in [0.25, 0.3) is 0 Å². The van der Waals surface area contributed by atoms with Gasteiger partial charge in [-0.1, -0.05) is 18.2 Å². The third-order valence-electron chi connectivity index (χ3n) is 2.39. The molecule has 2 aromatic rings. The van der Waals surface area contributed by atoms with Crippen LogP contribution in [-0.4, -0.2) is 17.2 Å². The first-order chi connectivity index (χ1) is 8.29. The van der Waals surface area contributed by atoms with Gasteiger partial charge in [0.05, 0.1) is 0 Å². The number of hydrogen-bond acceptors (Lipinski definition) is 2. The third kappa shape index (κ3) is 3.11. The van der Waals surface area contributed by atoms with Crippen LogP contribution in [0.3, 0.4) is 0 Å². The van der Waals surface area contributed by atoms with Crippen LogP contribution in [-0.2, 0) is 0 Å². The molecule has 0 aliphatic rings. The fourth-order valence-corrected chi connectivity index (χ4v) is 1.88. The summed E-state index contributed by atoms with van der Waals surface area (Å²) in [5.74, 6) is 0. The van der Waals surface area contributed by atoms with E-state index in [-0.39, 0.29) is 0 Å². The lowest BCUT2D eigenvalue weighted by Gasteiger charge is -2.02. The lowest BCUT2D eigenvalue weighted by atomic mass is 10.2. The van der Waals surface area contributed by atoms with E-state index >= 15 is 0 Å². The summed E-state index contributed by atoms with van der Waals surface area (Å²) in [4.78, 5) is 1.19. The van der Waals surface area contributed by atoms with Gasteiger partial charge in [0, 0.05) is 22.6 Å². The van der Waals surface area contributed by atoms with Crippen molar-refractivity contribution in [1.82, 2.24) is 0 Å². The Kier molecular flexibility index (Phi) is 3.83. The Morgan fingerprint density at radius 3 is 2.24 bits per heavy atom. The fourth-order valence-electron chi connectivity index (χ4n) is 1.47. The molecule has 0 saturated carbocycles. The van der Waals surface area contributed by atoms with Crippen LogP contribution in [0.5, 0.6) is 0 Å². The summed E-state index contributed by atoms with van der Waals surface area (Å²) in [6.07, 6.45) is 3.61. The number of nitrogens with zero attached hydrogens (tertiary/aromatic N) is 1. The number of thioether (sulfide) groups is 1. The summed E-state index contributed by atoms with van der Waals surface area (Å²) in [7, 11) is 0. The summed E-state index contributed by atoms with van der Waals surface area (Å²) in [6, 6.07) is 17.1. The lowest BCUT2D eigenvalue weighted by Crippen LogP contribution is -1.98. The van der Waals surface area contributed by atoms with Crippen LogP contribution in [0.1, 0.15) is 5.56 Å². The van der Waals surface area contributed by atoms with E-state index in [4.69, 9.17) is 0 Å². The lowest BCUT2D eigenvalue weighted by molar-refractivity contribution is -0.354. The Labute approximate surface area is 105 Å². The van der Waals surface area contributed by atoms with Gasteiger partial charge in [-0.05, 0) is 30.5 Å². The highest BCUT2D eigenvalue weighted by Crippen LogP contribution is 2.15. The fraction of sp³-hybridized carbons (Fsp3) is 0.0714. The van der Waals surface area contributed by atoms with E-state index in [1.54, 1.807) is 30.1 Å². The Bertz CT molecular complexity index is 506. The first-order valence-corrected chi connectivity index (χ1v) is 6.52. The molecule has 0 aliphatic carbocycles. The smallest absolute Gasteiger partial charge is 0.216 e. The van der Waals surface area contributed by atoms with Crippen molar-refractivity contribution in [2.45, 2.75) is 4.90 Å². The molecule has 17 heavy (non-hydrogen) atoms. The Balaban J connectivity index is 2.23. The summed E-state index contributed by atoms with van der Waals surface area (Å²) >= 11 is 1.69. The van der Waals surface area contributed by atoms with Gasteiger partial charge in [0.1, 0.15) is 0 Å². The molecule has 86 valence electrons. The van der Waals surface area contributed by atoms with Gasteiger partial charge in [0.2, 0.25) is 5.69 Å². The van der Waals surface area contributed by atoms with E-state index in [2.05, 4.69) is 0 Å². The topological polar surface area (TPSA) is 26.1 Å². The molecule has 3 heteroatoms. The second-order valence-corrected chi connectivity index (χ2v) is 4.44. The van der Waals surface area contributed by atoms with Gasteiger partial charge in [0.15, 0.2) is 6.21 Å². The highest BCUT2D eigenvalue weighted by molar-refractivity contribution is 7.98. The largest absolute Gasteiger partial charge is 0.618 e. The van der Waals surface area contributed by atoms with Crippen LogP contribution in [0.4, 0.5) is 5.69 Å². The van der Waals surface area contributed by atoms with E-state index in [1.165, 1.54) is 4.90 Å². The molecule has 0 unspecified atom stereocenters. The molecule has 0 bridgehead atoms. The predicted molar refractivity (Wildman–Crippen MR) is 73.1 cm³/mol. The van der Waals surface area contributed by atoms with Crippen LogP contribution in [0, 0.1) is 5.21 Å². The van der Waals surface area contributed by atoms with E-state index in [0.717, 1.165) is 10.3 Å². The summed E-state index contributed by atoms with van der Waals surface area (Å²) in [5, 5.41) is 11.8. The van der Waals surface area contributed by atoms with Gasteiger partial charge in [-0.15, -0.1) is 11.8 Å². The number of rotatable bonds is 3. The molecule has 0 saturated heterocycles. The van der Waals surface area contributed by atoms with Crippen LogP contribution >= 0.6 is 11.8 Å². The molecule has 0 aliphatic heterocycles. The number of benzene rings is 2. The van der Waals surface area contributed by atoms with Crippen LogP contribution in [0.2, 0.25) is 0 Å². The molecule has 0 heterocycles. The maximum Gasteiger partial charge on any atom is 0.216 e. The Morgan fingerprint density at radius 1 is 1.00 bits per heavy atom. The predicted octanol–water partition coefficient (Wildman–Crippen LogP) is 3.67. The average Bonchev–Trinajstić information content (AvgIpc) is 2.40. The number of hydrogen-bond donors (Lipinski definition) is 0. The minimum Gasteiger partial charge on any atom is -0.618 e. The molecule has 0 N–H and O–H groups in total. The first kappa shape index (κ1) is 11.7. The highest BCUT2D eigenvalue weighted by Gasteiger charge is 2.00. The third-order valence-corrected chi connectivity index (χ3v) is 3.14. The van der Waals surface area contributed by atoms with Gasteiger partial charge in [-0.2, -0.15) is 4.74 Å². The molecule has 0 spiro atoms. The molecule has 0 aromatic heterocycles. The summed E-state index contributed by atoms with van der Waals surface area (Å²) in [6.45, 7) is 0. The van der Waals surface area contributed by atoms with Gasteiger partial charge < -0.3 is 5.21 Å². The Hall–Kier alpha value is -1.74. The molecular weight excluding hydrogens is 230 g/mol. The van der Waals surface area contributed by atoms with Gasteiger partial charge in [0.25, 0.3) is 0 Å². The van der Waals surface area contributed by atoms with E-state index < -0.39 is 0 Å². The molecule has 0 amide bonds. The maximum absolute atomic E-state index is 11.8. The van der Waals surface area contributed by atoms with Crippen molar-refractivity contribution < 1.29 is 4.74 Å². The van der Waals surface area contributed by atoms with Gasteiger partial charge in [-0.25, -0.2) is 0 Å². The molecule has 2 rings (SSSR count). The van der Waals surface area contributed by atoms with E-state index in [1.807, 2.05) is 48.7 Å². The zero-order chi connectivity index (χ0) is 12.1. The monoisotopic (exact) mass is 243 g/mol. The minimum atomic E-state index is 0.640.